The van der Waals surface area contributed by atoms with Crippen molar-refractivity contribution in [3.63, 3.8) is 0 Å². The summed E-state index contributed by atoms with van der Waals surface area (Å²) < 4.78 is 11.9. The highest BCUT2D eigenvalue weighted by atomic mass is 79.9. The molecule has 2 amide bonds. The second kappa shape index (κ2) is 11.9. The molecule has 41 heavy (non-hydrogen) atoms. The number of nitro groups is 1. The Hall–Kier alpha value is -4.48. The van der Waals surface area contributed by atoms with Crippen LogP contribution in [0.2, 0.25) is 0 Å². The lowest BCUT2D eigenvalue weighted by Crippen LogP contribution is -2.27. The molecule has 0 atom stereocenters. The molecule has 1 fully saturated rings. The van der Waals surface area contributed by atoms with Crippen molar-refractivity contribution in [3.05, 3.63) is 115 Å². The van der Waals surface area contributed by atoms with Crippen molar-refractivity contribution in [1.29, 1.82) is 0 Å². The SMILES string of the molecule is CCOc1cc(/C=C2\SC(=O)N(Cc3ccccc3[N+](=O)[O-])C2=O)cc(Br)c1OC(=O)c1cccc2ccccc12. The van der Waals surface area contributed by atoms with Gasteiger partial charge in [-0.15, -0.1) is 0 Å². The van der Waals surface area contributed by atoms with Crippen molar-refractivity contribution < 1.29 is 28.8 Å². The van der Waals surface area contributed by atoms with Crippen molar-refractivity contribution in [2.75, 3.05) is 6.61 Å². The number of thioether (sulfide) groups is 1. The maximum Gasteiger partial charge on any atom is 0.344 e. The fourth-order valence-corrected chi connectivity index (χ4v) is 5.74. The van der Waals surface area contributed by atoms with Crippen LogP contribution in [-0.2, 0) is 11.3 Å². The van der Waals surface area contributed by atoms with Crippen LogP contribution in [-0.4, -0.2) is 33.5 Å². The third-order valence-electron chi connectivity index (χ3n) is 6.22. The first-order valence-corrected chi connectivity index (χ1v) is 14.0. The van der Waals surface area contributed by atoms with Gasteiger partial charge in [0.25, 0.3) is 16.8 Å². The predicted molar refractivity (Wildman–Crippen MR) is 159 cm³/mol. The number of benzene rings is 4. The Kier molecular flexibility index (Phi) is 8.18. The number of esters is 1. The number of amides is 2. The minimum Gasteiger partial charge on any atom is -0.490 e. The van der Waals surface area contributed by atoms with Gasteiger partial charge in [-0.1, -0.05) is 54.6 Å². The molecule has 206 valence electrons. The first-order chi connectivity index (χ1) is 19.8. The van der Waals surface area contributed by atoms with Crippen LogP contribution in [0.15, 0.2) is 88.2 Å². The van der Waals surface area contributed by atoms with E-state index >= 15 is 0 Å². The van der Waals surface area contributed by atoms with E-state index in [-0.39, 0.29) is 40.8 Å². The summed E-state index contributed by atoms with van der Waals surface area (Å²) in [5.74, 6) is -0.696. The number of carbonyl (C=O) groups is 3. The molecule has 0 unspecified atom stereocenters. The van der Waals surface area contributed by atoms with Crippen LogP contribution in [0.3, 0.4) is 0 Å². The van der Waals surface area contributed by atoms with Crippen LogP contribution < -0.4 is 9.47 Å². The second-order valence-corrected chi connectivity index (χ2v) is 10.7. The molecule has 9 nitrogen and oxygen atoms in total. The van der Waals surface area contributed by atoms with Crippen LogP contribution in [0.25, 0.3) is 16.8 Å². The summed E-state index contributed by atoms with van der Waals surface area (Å²) in [4.78, 5) is 50.9. The molecule has 4 aromatic rings. The zero-order valence-electron chi connectivity index (χ0n) is 21.5. The van der Waals surface area contributed by atoms with Gasteiger partial charge in [0.1, 0.15) is 0 Å². The van der Waals surface area contributed by atoms with Crippen molar-refractivity contribution in [2.24, 2.45) is 0 Å². The standard InChI is InChI=1S/C30H21BrN2O7S/c1-2-39-25-15-18(14-23(31)27(25)40-29(35)22-12-7-10-19-8-3-5-11-21(19)22)16-26-28(34)32(30(36)41-26)17-20-9-4-6-13-24(20)33(37)38/h3-16H,2,17H2,1H3/b26-16-. The van der Waals surface area contributed by atoms with E-state index in [1.807, 2.05) is 30.3 Å². The Balaban J connectivity index is 1.42. The number of nitrogens with zero attached hydrogens (tertiary/aromatic N) is 2. The van der Waals surface area contributed by atoms with E-state index < -0.39 is 22.0 Å². The highest BCUT2D eigenvalue weighted by molar-refractivity contribution is 9.10. The maximum absolute atomic E-state index is 13.2. The molecule has 0 spiro atoms. The van der Waals surface area contributed by atoms with Gasteiger partial charge in [-0.3, -0.25) is 24.6 Å². The molecule has 1 aliphatic heterocycles. The van der Waals surface area contributed by atoms with Crippen molar-refractivity contribution in [1.82, 2.24) is 4.90 Å². The number of para-hydroxylation sites is 1. The van der Waals surface area contributed by atoms with E-state index in [0.717, 1.165) is 27.4 Å². The fraction of sp³-hybridized carbons (Fsp3) is 0.100. The summed E-state index contributed by atoms with van der Waals surface area (Å²) >= 11 is 4.19. The van der Waals surface area contributed by atoms with E-state index in [4.69, 9.17) is 9.47 Å². The summed E-state index contributed by atoms with van der Waals surface area (Å²) in [5, 5.41) is 12.5. The summed E-state index contributed by atoms with van der Waals surface area (Å²) in [5.41, 5.74) is 0.990. The van der Waals surface area contributed by atoms with Gasteiger partial charge in [-0.2, -0.15) is 0 Å². The fourth-order valence-electron chi connectivity index (χ4n) is 4.36. The number of carbonyl (C=O) groups excluding carboxylic acids is 3. The molecule has 0 aromatic heterocycles. The van der Waals surface area contributed by atoms with Gasteiger partial charge in [-0.05, 0) is 75.2 Å². The van der Waals surface area contributed by atoms with E-state index in [0.29, 0.717) is 15.6 Å². The lowest BCUT2D eigenvalue weighted by Gasteiger charge is -2.14. The third kappa shape index (κ3) is 5.86. The van der Waals surface area contributed by atoms with Crippen LogP contribution in [0.5, 0.6) is 11.5 Å². The number of imide groups is 1. The first-order valence-electron chi connectivity index (χ1n) is 12.4. The van der Waals surface area contributed by atoms with Crippen molar-refractivity contribution in [3.8, 4) is 11.5 Å². The largest absolute Gasteiger partial charge is 0.490 e. The highest BCUT2D eigenvalue weighted by Crippen LogP contribution is 2.40. The molecule has 0 bridgehead atoms. The average molecular weight is 633 g/mol. The third-order valence-corrected chi connectivity index (χ3v) is 7.72. The smallest absolute Gasteiger partial charge is 0.344 e. The average Bonchev–Trinajstić information content (AvgIpc) is 3.22. The van der Waals surface area contributed by atoms with Crippen LogP contribution >= 0.6 is 27.7 Å². The highest BCUT2D eigenvalue weighted by Gasteiger charge is 2.36. The Morgan fingerprint density at radius 1 is 1.05 bits per heavy atom. The van der Waals surface area contributed by atoms with Gasteiger partial charge in [-0.25, -0.2) is 4.79 Å². The zero-order valence-corrected chi connectivity index (χ0v) is 23.9. The van der Waals surface area contributed by atoms with Gasteiger partial charge in [0.15, 0.2) is 11.5 Å². The van der Waals surface area contributed by atoms with Gasteiger partial charge in [0.2, 0.25) is 0 Å². The number of ether oxygens (including phenoxy) is 2. The molecule has 0 aliphatic carbocycles. The molecular formula is C30H21BrN2O7S. The van der Waals surface area contributed by atoms with Crippen molar-refractivity contribution in [2.45, 2.75) is 13.5 Å². The summed E-state index contributed by atoms with van der Waals surface area (Å²) in [6.07, 6.45) is 1.52. The minimum atomic E-state index is -0.571. The maximum atomic E-state index is 13.2. The predicted octanol–water partition coefficient (Wildman–Crippen LogP) is 7.36. The summed E-state index contributed by atoms with van der Waals surface area (Å²) in [6.45, 7) is 1.84. The molecule has 0 N–H and O–H groups in total. The van der Waals surface area contributed by atoms with Gasteiger partial charge >= 0.3 is 5.97 Å². The van der Waals surface area contributed by atoms with E-state index in [2.05, 4.69) is 15.9 Å². The Labute approximate surface area is 247 Å². The van der Waals surface area contributed by atoms with E-state index in [1.165, 1.54) is 24.3 Å². The topological polar surface area (TPSA) is 116 Å². The van der Waals surface area contributed by atoms with Crippen LogP contribution in [0.4, 0.5) is 10.5 Å². The summed E-state index contributed by atoms with van der Waals surface area (Å²) in [7, 11) is 0. The summed E-state index contributed by atoms with van der Waals surface area (Å²) in [6, 6.07) is 22.1. The zero-order chi connectivity index (χ0) is 29.1. The molecule has 11 heteroatoms. The van der Waals surface area contributed by atoms with Gasteiger partial charge < -0.3 is 9.47 Å². The van der Waals surface area contributed by atoms with Crippen LogP contribution in [0.1, 0.15) is 28.4 Å². The lowest BCUT2D eigenvalue weighted by atomic mass is 10.0. The Bertz CT molecular complexity index is 1750. The second-order valence-electron chi connectivity index (χ2n) is 8.83. The molecule has 4 aromatic carbocycles. The Morgan fingerprint density at radius 3 is 2.56 bits per heavy atom. The molecule has 0 radical (unpaired) electrons. The van der Waals surface area contributed by atoms with E-state index in [1.54, 1.807) is 37.3 Å². The number of hydrogen-bond acceptors (Lipinski definition) is 8. The lowest BCUT2D eigenvalue weighted by molar-refractivity contribution is -0.385. The monoisotopic (exact) mass is 632 g/mol. The first kappa shape index (κ1) is 28.1. The molecule has 1 saturated heterocycles. The molecule has 0 saturated carbocycles. The van der Waals surface area contributed by atoms with Crippen molar-refractivity contribution >= 4 is 67.3 Å². The molecule has 5 rings (SSSR count). The number of fused-ring (bicyclic) bond motifs is 1. The van der Waals surface area contributed by atoms with Gasteiger partial charge in [0, 0.05) is 11.6 Å². The molecular weight excluding hydrogens is 612 g/mol. The molecule has 1 aliphatic rings. The Morgan fingerprint density at radius 2 is 1.78 bits per heavy atom. The molecule has 1 heterocycles. The van der Waals surface area contributed by atoms with Crippen LogP contribution in [0, 0.1) is 10.1 Å². The minimum absolute atomic E-state index is 0.142. The van der Waals surface area contributed by atoms with E-state index in [9.17, 15) is 24.5 Å². The van der Waals surface area contributed by atoms with Gasteiger partial charge in [0.05, 0.1) is 33.0 Å². The normalized spacial score (nSPS) is 14.1. The quantitative estimate of drug-likeness (QED) is 0.0650. The number of nitro benzene ring substituents is 1. The number of halogens is 1. The number of rotatable bonds is 8. The number of hydrogen-bond donors (Lipinski definition) is 0.